The summed E-state index contributed by atoms with van der Waals surface area (Å²) in [6.45, 7) is 5.96. The summed E-state index contributed by atoms with van der Waals surface area (Å²) in [7, 11) is 1.62. The Morgan fingerprint density at radius 3 is 2.65 bits per heavy atom. The lowest BCUT2D eigenvalue weighted by molar-refractivity contribution is 0.0696. The molecule has 0 amide bonds. The number of aromatic carboxylic acids is 1. The van der Waals surface area contributed by atoms with Crippen molar-refractivity contribution in [3.63, 3.8) is 0 Å². The van der Waals surface area contributed by atoms with E-state index in [1.807, 2.05) is 13.8 Å². The highest BCUT2D eigenvalue weighted by molar-refractivity contribution is 5.88. The summed E-state index contributed by atoms with van der Waals surface area (Å²) in [4.78, 5) is 15.4. The van der Waals surface area contributed by atoms with Gasteiger partial charge in [0.05, 0.1) is 25.0 Å². The molecule has 106 valence electrons. The summed E-state index contributed by atoms with van der Waals surface area (Å²) in [5.41, 5.74) is 3.43. The molecular weight excluding hydrogens is 258 g/mol. The summed E-state index contributed by atoms with van der Waals surface area (Å²) in [5.74, 6) is -0.169. The number of aromatic nitrogens is 3. The third-order valence-electron chi connectivity index (χ3n) is 3.24. The lowest BCUT2D eigenvalue weighted by atomic mass is 10.1. The van der Waals surface area contributed by atoms with Crippen LogP contribution in [0, 0.1) is 20.8 Å². The molecule has 0 bridgehead atoms. The zero-order valence-corrected chi connectivity index (χ0v) is 12.0. The number of carbonyl (C=O) groups is 1. The predicted molar refractivity (Wildman–Crippen MR) is 73.3 cm³/mol. The van der Waals surface area contributed by atoms with Crippen LogP contribution in [0.15, 0.2) is 12.4 Å². The molecular formula is C14H17N3O3. The van der Waals surface area contributed by atoms with Gasteiger partial charge in [-0.25, -0.2) is 4.79 Å². The maximum absolute atomic E-state index is 11.0. The first-order valence-electron chi connectivity index (χ1n) is 6.20. The minimum absolute atomic E-state index is 0.210. The second-order valence-electron chi connectivity index (χ2n) is 4.68. The molecule has 0 fully saturated rings. The molecule has 0 saturated carbocycles. The van der Waals surface area contributed by atoms with Crippen LogP contribution in [0.4, 0.5) is 0 Å². The average molecular weight is 275 g/mol. The Balaban J connectivity index is 2.35. The molecule has 0 aliphatic heterocycles. The van der Waals surface area contributed by atoms with Crippen molar-refractivity contribution < 1.29 is 14.6 Å². The Labute approximate surface area is 117 Å². The summed E-state index contributed by atoms with van der Waals surface area (Å²) < 4.78 is 6.94. The number of nitrogens with zero attached hydrogens (tertiary/aromatic N) is 3. The van der Waals surface area contributed by atoms with Crippen LogP contribution in [0.5, 0.6) is 5.75 Å². The van der Waals surface area contributed by atoms with Gasteiger partial charge in [-0.3, -0.25) is 9.67 Å². The number of ether oxygens (including phenoxy) is 1. The molecule has 0 radical (unpaired) electrons. The summed E-state index contributed by atoms with van der Waals surface area (Å²) in [6.07, 6.45) is 3.26. The van der Waals surface area contributed by atoms with Crippen molar-refractivity contribution in [1.29, 1.82) is 0 Å². The first-order valence-corrected chi connectivity index (χ1v) is 6.20. The smallest absolute Gasteiger partial charge is 0.339 e. The van der Waals surface area contributed by atoms with Crippen molar-refractivity contribution >= 4 is 5.97 Å². The fourth-order valence-electron chi connectivity index (χ4n) is 2.19. The van der Waals surface area contributed by atoms with Crippen molar-refractivity contribution in [1.82, 2.24) is 14.8 Å². The monoisotopic (exact) mass is 275 g/mol. The molecule has 0 aliphatic rings. The van der Waals surface area contributed by atoms with Gasteiger partial charge in [-0.2, -0.15) is 5.10 Å². The van der Waals surface area contributed by atoms with Gasteiger partial charge in [-0.15, -0.1) is 0 Å². The fraction of sp³-hybridized carbons (Fsp3) is 0.357. The predicted octanol–water partition coefficient (Wildman–Crippen LogP) is 1.96. The van der Waals surface area contributed by atoms with E-state index in [0.29, 0.717) is 12.2 Å². The number of hydrogen-bond acceptors (Lipinski definition) is 4. The third kappa shape index (κ3) is 2.49. The molecule has 20 heavy (non-hydrogen) atoms. The largest absolute Gasteiger partial charge is 0.496 e. The van der Waals surface area contributed by atoms with Gasteiger partial charge in [0.15, 0.2) is 0 Å². The van der Waals surface area contributed by atoms with Gasteiger partial charge in [0.25, 0.3) is 0 Å². The fourth-order valence-corrected chi connectivity index (χ4v) is 2.19. The van der Waals surface area contributed by atoms with E-state index in [4.69, 9.17) is 9.84 Å². The number of pyridine rings is 1. The van der Waals surface area contributed by atoms with Crippen LogP contribution in [0.3, 0.4) is 0 Å². The van der Waals surface area contributed by atoms with E-state index < -0.39 is 5.97 Å². The summed E-state index contributed by atoms with van der Waals surface area (Å²) in [5, 5.41) is 13.2. The molecule has 0 saturated heterocycles. The molecule has 2 aromatic rings. The maximum Gasteiger partial charge on any atom is 0.339 e. The lowest BCUT2D eigenvalue weighted by Crippen LogP contribution is -2.06. The molecule has 6 nitrogen and oxygen atoms in total. The van der Waals surface area contributed by atoms with E-state index in [0.717, 1.165) is 22.6 Å². The van der Waals surface area contributed by atoms with E-state index >= 15 is 0 Å². The topological polar surface area (TPSA) is 77.2 Å². The normalized spacial score (nSPS) is 10.6. The van der Waals surface area contributed by atoms with E-state index in [9.17, 15) is 4.79 Å². The number of carboxylic acid groups (broad SMARTS) is 1. The van der Waals surface area contributed by atoms with Crippen LogP contribution in [0.2, 0.25) is 0 Å². The Morgan fingerprint density at radius 2 is 2.10 bits per heavy atom. The number of hydrogen-bond donors (Lipinski definition) is 1. The van der Waals surface area contributed by atoms with Crippen LogP contribution in [0.1, 0.15) is 32.9 Å². The maximum atomic E-state index is 11.0. The van der Waals surface area contributed by atoms with Gasteiger partial charge in [0, 0.05) is 23.5 Å². The van der Waals surface area contributed by atoms with Crippen LogP contribution in [0.25, 0.3) is 0 Å². The van der Waals surface area contributed by atoms with Gasteiger partial charge in [-0.05, 0) is 20.8 Å². The van der Waals surface area contributed by atoms with Crippen LogP contribution in [-0.4, -0.2) is 33.0 Å². The molecule has 0 spiro atoms. The SMILES string of the molecule is COc1c(C)cnc(Cn2cc(C(=O)O)c(C)n2)c1C. The van der Waals surface area contributed by atoms with Crippen molar-refractivity contribution in [2.75, 3.05) is 7.11 Å². The minimum Gasteiger partial charge on any atom is -0.496 e. The Morgan fingerprint density at radius 1 is 1.40 bits per heavy atom. The van der Waals surface area contributed by atoms with Crippen molar-refractivity contribution in [3.05, 3.63) is 40.5 Å². The molecule has 2 rings (SSSR count). The van der Waals surface area contributed by atoms with Crippen LogP contribution >= 0.6 is 0 Å². The molecule has 0 aliphatic carbocycles. The van der Waals surface area contributed by atoms with Gasteiger partial charge in [0.2, 0.25) is 0 Å². The zero-order valence-electron chi connectivity index (χ0n) is 12.0. The van der Waals surface area contributed by atoms with E-state index in [1.165, 1.54) is 6.20 Å². The highest BCUT2D eigenvalue weighted by Crippen LogP contribution is 2.24. The standard InChI is InChI=1S/C14H17N3O3/c1-8-5-15-12(9(2)13(8)20-4)7-17-6-11(14(18)19)10(3)16-17/h5-6H,7H2,1-4H3,(H,18,19). The Bertz CT molecular complexity index is 662. The van der Waals surface area contributed by atoms with Gasteiger partial charge in [0.1, 0.15) is 11.3 Å². The number of carboxylic acids is 1. The minimum atomic E-state index is -0.972. The molecule has 6 heteroatoms. The van der Waals surface area contributed by atoms with Gasteiger partial charge < -0.3 is 9.84 Å². The second-order valence-corrected chi connectivity index (χ2v) is 4.68. The lowest BCUT2D eigenvalue weighted by Gasteiger charge is -2.12. The van der Waals surface area contributed by atoms with Crippen molar-refractivity contribution in [2.24, 2.45) is 0 Å². The van der Waals surface area contributed by atoms with E-state index in [2.05, 4.69) is 10.1 Å². The summed E-state index contributed by atoms with van der Waals surface area (Å²) in [6, 6.07) is 0. The Kier molecular flexibility index (Phi) is 3.74. The summed E-state index contributed by atoms with van der Waals surface area (Å²) >= 11 is 0. The van der Waals surface area contributed by atoms with E-state index in [-0.39, 0.29) is 5.56 Å². The van der Waals surface area contributed by atoms with Gasteiger partial charge >= 0.3 is 5.97 Å². The van der Waals surface area contributed by atoms with E-state index in [1.54, 1.807) is 24.9 Å². The number of aryl methyl sites for hydroxylation is 2. The highest BCUT2D eigenvalue weighted by atomic mass is 16.5. The molecule has 2 heterocycles. The van der Waals surface area contributed by atoms with Gasteiger partial charge in [-0.1, -0.05) is 0 Å². The third-order valence-corrected chi connectivity index (χ3v) is 3.24. The molecule has 2 aromatic heterocycles. The average Bonchev–Trinajstić information content (AvgIpc) is 2.75. The van der Waals surface area contributed by atoms with Crippen molar-refractivity contribution in [3.8, 4) is 5.75 Å². The number of methoxy groups -OCH3 is 1. The van der Waals surface area contributed by atoms with Crippen LogP contribution < -0.4 is 4.74 Å². The van der Waals surface area contributed by atoms with Crippen LogP contribution in [-0.2, 0) is 6.54 Å². The first-order chi connectivity index (χ1) is 9.43. The van der Waals surface area contributed by atoms with Crippen molar-refractivity contribution in [2.45, 2.75) is 27.3 Å². The Hall–Kier alpha value is -2.37. The second kappa shape index (κ2) is 5.32. The first kappa shape index (κ1) is 14.0. The quantitative estimate of drug-likeness (QED) is 0.923. The molecule has 0 unspecified atom stereocenters. The molecule has 1 N–H and O–H groups in total. The number of rotatable bonds is 4. The molecule has 0 aromatic carbocycles. The molecule has 0 atom stereocenters. The zero-order chi connectivity index (χ0) is 14.9. The highest BCUT2D eigenvalue weighted by Gasteiger charge is 2.14.